The van der Waals surface area contributed by atoms with Crippen LogP contribution in [0.3, 0.4) is 0 Å². The fraction of sp³-hybridized carbons (Fsp3) is 0.529. The predicted molar refractivity (Wildman–Crippen MR) is 92.3 cm³/mol. The van der Waals surface area contributed by atoms with Crippen molar-refractivity contribution in [2.75, 3.05) is 24.6 Å². The quantitative estimate of drug-likeness (QED) is 0.816. The maximum absolute atomic E-state index is 12.3. The van der Waals surface area contributed by atoms with E-state index >= 15 is 0 Å². The lowest BCUT2D eigenvalue weighted by molar-refractivity contribution is -0.134. The highest BCUT2D eigenvalue weighted by molar-refractivity contribution is 7.91. The van der Waals surface area contributed by atoms with E-state index in [-0.39, 0.29) is 42.3 Å². The summed E-state index contributed by atoms with van der Waals surface area (Å²) in [6.45, 7) is 4.11. The van der Waals surface area contributed by atoms with Crippen LogP contribution < -0.4 is 5.32 Å². The van der Waals surface area contributed by atoms with Gasteiger partial charge >= 0.3 is 0 Å². The smallest absolute Gasteiger partial charge is 0.242 e. The van der Waals surface area contributed by atoms with Gasteiger partial charge in [-0.2, -0.15) is 0 Å². The highest BCUT2D eigenvalue weighted by Crippen LogP contribution is 2.17. The highest BCUT2D eigenvalue weighted by Gasteiger charge is 2.33. The van der Waals surface area contributed by atoms with Crippen molar-refractivity contribution in [3.05, 3.63) is 35.4 Å². The van der Waals surface area contributed by atoms with E-state index in [0.29, 0.717) is 13.0 Å². The van der Waals surface area contributed by atoms with Gasteiger partial charge in [0.05, 0.1) is 24.5 Å². The fourth-order valence-electron chi connectivity index (χ4n) is 3.01. The Morgan fingerprint density at radius 2 is 2.08 bits per heavy atom. The summed E-state index contributed by atoms with van der Waals surface area (Å²) in [5, 5.41) is 2.63. The Kier molecular flexibility index (Phi) is 5.99. The van der Waals surface area contributed by atoms with Gasteiger partial charge in [0.1, 0.15) is 0 Å². The molecule has 7 heteroatoms. The monoisotopic (exact) mass is 352 g/mol. The maximum Gasteiger partial charge on any atom is 0.242 e. The van der Waals surface area contributed by atoms with Gasteiger partial charge in [0.25, 0.3) is 0 Å². The molecule has 0 saturated carbocycles. The lowest BCUT2D eigenvalue weighted by Crippen LogP contribution is -2.46. The highest BCUT2D eigenvalue weighted by atomic mass is 32.2. The summed E-state index contributed by atoms with van der Waals surface area (Å²) in [4.78, 5) is 25.8. The number of aryl methyl sites for hydroxylation is 1. The second kappa shape index (κ2) is 7.79. The molecule has 2 amide bonds. The van der Waals surface area contributed by atoms with Gasteiger partial charge in [0.15, 0.2) is 9.84 Å². The average molecular weight is 352 g/mol. The Bertz CT molecular complexity index is 715. The summed E-state index contributed by atoms with van der Waals surface area (Å²) in [5.74, 6) is -0.313. The molecule has 1 fully saturated rings. The van der Waals surface area contributed by atoms with Crippen LogP contribution in [0.4, 0.5) is 0 Å². The Hall–Kier alpha value is -1.89. The van der Waals surface area contributed by atoms with Crippen molar-refractivity contribution in [2.45, 2.75) is 32.7 Å². The van der Waals surface area contributed by atoms with Crippen molar-refractivity contribution in [2.24, 2.45) is 0 Å². The third-order valence-corrected chi connectivity index (χ3v) is 5.94. The predicted octanol–water partition coefficient (Wildman–Crippen LogP) is 0.689. The minimum atomic E-state index is -3.04. The number of hydrogen-bond acceptors (Lipinski definition) is 4. The molecule has 1 unspecified atom stereocenters. The number of likely N-dealkylation sites (N-methyl/N-ethyl adjacent to an activating group) is 1. The van der Waals surface area contributed by atoms with Gasteiger partial charge < -0.3 is 10.2 Å². The SMILES string of the molecule is CCN(C(=O)CNC(=O)Cc1cccc(C)c1)C1CCS(=O)(=O)C1. The number of amides is 2. The van der Waals surface area contributed by atoms with E-state index in [4.69, 9.17) is 0 Å². The molecular weight excluding hydrogens is 328 g/mol. The molecular formula is C17H24N2O4S. The Labute approximate surface area is 143 Å². The maximum atomic E-state index is 12.3. The van der Waals surface area contributed by atoms with Crippen LogP contribution in [0.1, 0.15) is 24.5 Å². The van der Waals surface area contributed by atoms with Crippen molar-refractivity contribution >= 4 is 21.7 Å². The molecule has 1 saturated heterocycles. The molecule has 2 rings (SSSR count). The first-order chi connectivity index (χ1) is 11.3. The van der Waals surface area contributed by atoms with Crippen LogP contribution in [0.5, 0.6) is 0 Å². The first-order valence-electron chi connectivity index (χ1n) is 8.13. The van der Waals surface area contributed by atoms with Gasteiger partial charge in [-0.25, -0.2) is 8.42 Å². The summed E-state index contributed by atoms with van der Waals surface area (Å²) in [6, 6.07) is 7.38. The van der Waals surface area contributed by atoms with Crippen molar-refractivity contribution in [3.63, 3.8) is 0 Å². The van der Waals surface area contributed by atoms with Crippen molar-refractivity contribution in [1.82, 2.24) is 10.2 Å². The van der Waals surface area contributed by atoms with Crippen LogP contribution in [-0.4, -0.2) is 55.8 Å². The summed E-state index contributed by atoms with van der Waals surface area (Å²) in [6.07, 6.45) is 0.693. The van der Waals surface area contributed by atoms with Crippen molar-refractivity contribution in [1.29, 1.82) is 0 Å². The molecule has 0 bridgehead atoms. The van der Waals surface area contributed by atoms with E-state index in [2.05, 4.69) is 5.32 Å². The second-order valence-corrected chi connectivity index (χ2v) is 8.41. The number of benzene rings is 1. The van der Waals surface area contributed by atoms with Gasteiger partial charge in [-0.05, 0) is 25.8 Å². The first-order valence-corrected chi connectivity index (χ1v) is 9.95. The number of sulfone groups is 1. The van der Waals surface area contributed by atoms with E-state index in [1.165, 1.54) is 0 Å². The molecule has 1 aliphatic heterocycles. The molecule has 1 aromatic carbocycles. The molecule has 24 heavy (non-hydrogen) atoms. The normalized spacial score (nSPS) is 19.0. The zero-order chi connectivity index (χ0) is 17.7. The Morgan fingerprint density at radius 3 is 2.67 bits per heavy atom. The van der Waals surface area contributed by atoms with Crippen LogP contribution in [0.25, 0.3) is 0 Å². The first kappa shape index (κ1) is 18.4. The van der Waals surface area contributed by atoms with Crippen LogP contribution >= 0.6 is 0 Å². The molecule has 1 atom stereocenters. The zero-order valence-corrected chi connectivity index (χ0v) is 14.9. The largest absolute Gasteiger partial charge is 0.347 e. The van der Waals surface area contributed by atoms with Crippen molar-refractivity contribution in [3.8, 4) is 0 Å². The van der Waals surface area contributed by atoms with Gasteiger partial charge in [-0.1, -0.05) is 29.8 Å². The van der Waals surface area contributed by atoms with Gasteiger partial charge in [-0.3, -0.25) is 9.59 Å². The molecule has 0 radical (unpaired) electrons. The van der Waals surface area contributed by atoms with E-state index < -0.39 is 9.84 Å². The number of hydrogen-bond donors (Lipinski definition) is 1. The third-order valence-electron chi connectivity index (χ3n) is 4.19. The number of nitrogens with one attached hydrogen (secondary N) is 1. The van der Waals surface area contributed by atoms with Gasteiger partial charge in [0, 0.05) is 12.6 Å². The lowest BCUT2D eigenvalue weighted by Gasteiger charge is -2.27. The van der Waals surface area contributed by atoms with E-state index in [0.717, 1.165) is 11.1 Å². The Morgan fingerprint density at radius 1 is 1.33 bits per heavy atom. The molecule has 6 nitrogen and oxygen atoms in total. The van der Waals surface area contributed by atoms with Crippen LogP contribution in [0.2, 0.25) is 0 Å². The molecule has 1 heterocycles. The zero-order valence-electron chi connectivity index (χ0n) is 14.1. The topological polar surface area (TPSA) is 83.6 Å². The summed E-state index contributed by atoms with van der Waals surface area (Å²) in [7, 11) is -3.04. The summed E-state index contributed by atoms with van der Waals surface area (Å²) in [5.41, 5.74) is 1.98. The molecule has 1 aliphatic rings. The number of carbonyl (C=O) groups excluding carboxylic acids is 2. The number of rotatable bonds is 6. The second-order valence-electron chi connectivity index (χ2n) is 6.18. The van der Waals surface area contributed by atoms with Crippen LogP contribution in [-0.2, 0) is 25.8 Å². The number of nitrogens with zero attached hydrogens (tertiary/aromatic N) is 1. The van der Waals surface area contributed by atoms with Crippen LogP contribution in [0, 0.1) is 6.92 Å². The standard InChI is InChI=1S/C17H24N2O4S/c1-3-19(15-7-8-24(22,23)12-15)17(21)11-18-16(20)10-14-6-4-5-13(2)9-14/h4-6,9,15H,3,7-8,10-12H2,1-2H3,(H,18,20). The average Bonchev–Trinajstić information content (AvgIpc) is 2.86. The number of carbonyl (C=O) groups is 2. The summed E-state index contributed by atoms with van der Waals surface area (Å²) >= 11 is 0. The molecule has 132 valence electrons. The molecule has 1 N–H and O–H groups in total. The molecule has 1 aromatic rings. The third kappa shape index (κ3) is 5.06. The van der Waals surface area contributed by atoms with E-state index in [9.17, 15) is 18.0 Å². The minimum absolute atomic E-state index is 0.0177. The van der Waals surface area contributed by atoms with E-state index in [1.807, 2.05) is 38.1 Å². The Balaban J connectivity index is 1.86. The molecule has 0 aromatic heterocycles. The lowest BCUT2D eigenvalue weighted by atomic mass is 10.1. The van der Waals surface area contributed by atoms with Gasteiger partial charge in [0.2, 0.25) is 11.8 Å². The summed E-state index contributed by atoms with van der Waals surface area (Å²) < 4.78 is 23.1. The minimum Gasteiger partial charge on any atom is -0.347 e. The molecule has 0 spiro atoms. The van der Waals surface area contributed by atoms with Crippen LogP contribution in [0.15, 0.2) is 24.3 Å². The molecule has 0 aliphatic carbocycles. The van der Waals surface area contributed by atoms with Crippen molar-refractivity contribution < 1.29 is 18.0 Å². The van der Waals surface area contributed by atoms with E-state index in [1.54, 1.807) is 4.90 Å². The fourth-order valence-corrected chi connectivity index (χ4v) is 4.74. The van der Waals surface area contributed by atoms with Gasteiger partial charge in [-0.15, -0.1) is 0 Å².